The zero-order chi connectivity index (χ0) is 52.2. The van der Waals surface area contributed by atoms with E-state index in [9.17, 15) is 14.4 Å². The van der Waals surface area contributed by atoms with Crippen LogP contribution in [-0.2, 0) is 28.6 Å². The third-order valence-corrected chi connectivity index (χ3v) is 14.1. The Bertz CT molecular complexity index is 1250. The van der Waals surface area contributed by atoms with Gasteiger partial charge in [-0.3, -0.25) is 14.4 Å². The number of rotatable bonds is 58. The van der Waals surface area contributed by atoms with Crippen molar-refractivity contribution in [2.24, 2.45) is 0 Å². The fourth-order valence-electron chi connectivity index (χ4n) is 9.40. The van der Waals surface area contributed by atoms with Gasteiger partial charge in [0.05, 0.1) is 0 Å². The molecule has 6 heteroatoms. The first-order valence-corrected chi connectivity index (χ1v) is 31.6. The smallest absolute Gasteiger partial charge is 0.306 e. The molecule has 0 aliphatic rings. The average molecular weight is 1010 g/mol. The van der Waals surface area contributed by atoms with Gasteiger partial charge >= 0.3 is 17.9 Å². The minimum Gasteiger partial charge on any atom is -0.462 e. The highest BCUT2D eigenvalue weighted by Gasteiger charge is 2.19. The lowest BCUT2D eigenvalue weighted by Gasteiger charge is -2.18. The molecule has 0 aromatic carbocycles. The Kier molecular flexibility index (Phi) is 58.7. The van der Waals surface area contributed by atoms with Crippen LogP contribution >= 0.6 is 0 Å². The summed E-state index contributed by atoms with van der Waals surface area (Å²) in [5, 5.41) is 0. The van der Waals surface area contributed by atoms with Gasteiger partial charge < -0.3 is 14.2 Å². The molecule has 0 aliphatic carbocycles. The summed E-state index contributed by atoms with van der Waals surface area (Å²) in [5.41, 5.74) is 0. The number of carbonyl (C=O) groups is 3. The van der Waals surface area contributed by atoms with Gasteiger partial charge in [0.2, 0.25) is 0 Å². The summed E-state index contributed by atoms with van der Waals surface area (Å²) < 4.78 is 16.9. The highest BCUT2D eigenvalue weighted by Crippen LogP contribution is 2.18. The molecule has 0 N–H and O–H groups in total. The number of hydrogen-bond acceptors (Lipinski definition) is 6. The molecule has 0 aromatic heterocycles. The van der Waals surface area contributed by atoms with Gasteiger partial charge in [-0.15, -0.1) is 0 Å². The predicted octanol–water partition coefficient (Wildman–Crippen LogP) is 21.4. The Morgan fingerprint density at radius 2 is 0.542 bits per heavy atom. The van der Waals surface area contributed by atoms with Crippen molar-refractivity contribution in [1.82, 2.24) is 0 Å². The van der Waals surface area contributed by atoms with E-state index >= 15 is 0 Å². The van der Waals surface area contributed by atoms with Gasteiger partial charge in [0.15, 0.2) is 6.10 Å². The molecule has 0 fully saturated rings. The van der Waals surface area contributed by atoms with Crippen LogP contribution in [0.1, 0.15) is 335 Å². The summed E-state index contributed by atoms with van der Waals surface area (Å²) in [4.78, 5) is 38.2. The van der Waals surface area contributed by atoms with Gasteiger partial charge in [-0.05, 0) is 44.9 Å². The molecule has 1 unspecified atom stereocenters. The summed E-state index contributed by atoms with van der Waals surface area (Å²) in [6, 6.07) is 0. The third-order valence-electron chi connectivity index (χ3n) is 14.1. The summed E-state index contributed by atoms with van der Waals surface area (Å²) in [7, 11) is 0. The van der Waals surface area contributed by atoms with Crippen LogP contribution in [0.15, 0.2) is 48.6 Å². The van der Waals surface area contributed by atoms with E-state index < -0.39 is 6.10 Å². The van der Waals surface area contributed by atoms with Gasteiger partial charge in [-0.25, -0.2) is 0 Å². The van der Waals surface area contributed by atoms with Crippen molar-refractivity contribution >= 4 is 17.9 Å². The second-order valence-corrected chi connectivity index (χ2v) is 21.3. The second-order valence-electron chi connectivity index (χ2n) is 21.3. The highest BCUT2D eigenvalue weighted by molar-refractivity contribution is 5.71. The van der Waals surface area contributed by atoms with E-state index in [4.69, 9.17) is 14.2 Å². The maximum atomic E-state index is 12.9. The number of unbranched alkanes of at least 4 members (excludes halogenated alkanes) is 39. The lowest BCUT2D eigenvalue weighted by atomic mass is 10.0. The second kappa shape index (κ2) is 60.9. The minimum absolute atomic E-state index is 0.0901. The summed E-state index contributed by atoms with van der Waals surface area (Å²) in [6.45, 7) is 6.52. The fourth-order valence-corrected chi connectivity index (χ4v) is 9.40. The lowest BCUT2D eigenvalue weighted by molar-refractivity contribution is -0.166. The van der Waals surface area contributed by atoms with Crippen molar-refractivity contribution in [2.75, 3.05) is 13.2 Å². The average Bonchev–Trinajstić information content (AvgIpc) is 3.38. The van der Waals surface area contributed by atoms with E-state index in [1.165, 1.54) is 225 Å². The van der Waals surface area contributed by atoms with Crippen LogP contribution in [0.25, 0.3) is 0 Å². The molecule has 0 bridgehead atoms. The zero-order valence-corrected chi connectivity index (χ0v) is 48.2. The Hall–Kier alpha value is -2.63. The van der Waals surface area contributed by atoms with Gasteiger partial charge in [-0.2, -0.15) is 0 Å². The molecule has 0 radical (unpaired) electrons. The Labute approximate surface area is 448 Å². The van der Waals surface area contributed by atoms with Gasteiger partial charge in [0, 0.05) is 19.3 Å². The molecule has 0 rings (SSSR count). The van der Waals surface area contributed by atoms with Crippen LogP contribution in [0.4, 0.5) is 0 Å². The van der Waals surface area contributed by atoms with E-state index in [1.807, 2.05) is 6.08 Å². The number of hydrogen-bond donors (Lipinski definition) is 0. The van der Waals surface area contributed by atoms with E-state index in [1.54, 1.807) is 0 Å². The van der Waals surface area contributed by atoms with Crippen LogP contribution in [0.3, 0.4) is 0 Å². The summed E-state index contributed by atoms with van der Waals surface area (Å²) in [6.07, 6.45) is 75.7. The molecular weight excluding hydrogens is 889 g/mol. The van der Waals surface area contributed by atoms with Crippen molar-refractivity contribution in [3.05, 3.63) is 48.6 Å². The maximum Gasteiger partial charge on any atom is 0.306 e. The van der Waals surface area contributed by atoms with Crippen LogP contribution < -0.4 is 0 Å². The Morgan fingerprint density at radius 3 is 0.847 bits per heavy atom. The number of esters is 3. The van der Waals surface area contributed by atoms with Gasteiger partial charge in [-0.1, -0.05) is 320 Å². The standard InChI is InChI=1S/C66H120O6/c1-4-7-10-13-16-19-22-25-27-29-31-32-33-35-36-38-41-44-47-50-53-56-59-65(68)71-62-63(61-70-64(67)58-55-52-49-46-43-40-24-21-18-15-12-9-6-3)72-66(69)60-57-54-51-48-45-42-39-37-34-30-28-26-23-20-17-14-11-8-5-2/h9,12,18,21,40,43,49,52,63H,4-8,10-11,13-17,19-20,22-39,41-42,44-48,50-51,53-62H2,1-3H3/b12-9-,21-18-,43-40-,52-49-. The van der Waals surface area contributed by atoms with Crippen molar-refractivity contribution in [2.45, 2.75) is 341 Å². The summed E-state index contributed by atoms with van der Waals surface area (Å²) >= 11 is 0. The highest BCUT2D eigenvalue weighted by atomic mass is 16.6. The first-order valence-electron chi connectivity index (χ1n) is 31.6. The van der Waals surface area contributed by atoms with Crippen molar-refractivity contribution in [3.63, 3.8) is 0 Å². The molecule has 0 heterocycles. The predicted molar refractivity (Wildman–Crippen MR) is 312 cm³/mol. The molecule has 1 atom stereocenters. The molecule has 72 heavy (non-hydrogen) atoms. The SMILES string of the molecule is CC/C=C\C/C=C\C/C=C\C/C=C\CCC(=O)OCC(COC(=O)CCCCCCCCCCCCCCCCCCCCCCCC)OC(=O)CCCCCCCCCCCCCCCCCCCCC. The van der Waals surface area contributed by atoms with Crippen LogP contribution in [0, 0.1) is 0 Å². The topological polar surface area (TPSA) is 78.9 Å². The van der Waals surface area contributed by atoms with Crippen LogP contribution in [0.5, 0.6) is 0 Å². The monoisotopic (exact) mass is 1010 g/mol. The van der Waals surface area contributed by atoms with Gasteiger partial charge in [0.25, 0.3) is 0 Å². The van der Waals surface area contributed by atoms with Crippen LogP contribution in [-0.4, -0.2) is 37.2 Å². The Morgan fingerprint density at radius 1 is 0.292 bits per heavy atom. The van der Waals surface area contributed by atoms with E-state index in [2.05, 4.69) is 63.3 Å². The van der Waals surface area contributed by atoms with Crippen molar-refractivity contribution in [1.29, 1.82) is 0 Å². The molecule has 0 aromatic rings. The molecule has 420 valence electrons. The first kappa shape index (κ1) is 69.4. The molecule has 0 spiro atoms. The lowest BCUT2D eigenvalue weighted by Crippen LogP contribution is -2.30. The van der Waals surface area contributed by atoms with E-state index in [0.717, 1.165) is 64.2 Å². The number of allylic oxidation sites excluding steroid dienone is 8. The quantitative estimate of drug-likeness (QED) is 0.0261. The molecule has 0 saturated carbocycles. The Balaban J connectivity index is 4.31. The molecule has 0 amide bonds. The van der Waals surface area contributed by atoms with E-state index in [-0.39, 0.29) is 37.5 Å². The largest absolute Gasteiger partial charge is 0.462 e. The first-order chi connectivity index (χ1) is 35.5. The number of ether oxygens (including phenoxy) is 3. The maximum absolute atomic E-state index is 12.9. The molecule has 0 saturated heterocycles. The molecular formula is C66H120O6. The fraction of sp³-hybridized carbons (Fsp3) is 0.833. The zero-order valence-electron chi connectivity index (χ0n) is 48.2. The molecule has 6 nitrogen and oxygen atoms in total. The van der Waals surface area contributed by atoms with Crippen LogP contribution in [0.2, 0.25) is 0 Å². The number of carbonyl (C=O) groups excluding carboxylic acids is 3. The van der Waals surface area contributed by atoms with Gasteiger partial charge in [0.1, 0.15) is 13.2 Å². The van der Waals surface area contributed by atoms with Crippen molar-refractivity contribution < 1.29 is 28.6 Å². The normalized spacial score (nSPS) is 12.3. The third kappa shape index (κ3) is 58.3. The summed E-state index contributed by atoms with van der Waals surface area (Å²) in [5.74, 6) is -0.953. The molecule has 0 aliphatic heterocycles. The minimum atomic E-state index is -0.798. The van der Waals surface area contributed by atoms with Crippen molar-refractivity contribution in [3.8, 4) is 0 Å². The van der Waals surface area contributed by atoms with E-state index in [0.29, 0.717) is 19.3 Å².